The second-order valence-corrected chi connectivity index (χ2v) is 3.05. The molecule has 0 aromatic carbocycles. The quantitative estimate of drug-likeness (QED) is 0.638. The molecule has 1 aliphatic heterocycles. The molecule has 1 rings (SSSR count). The highest BCUT2D eigenvalue weighted by molar-refractivity contribution is 5.73. The Hall–Kier alpha value is -1.31. The minimum Gasteiger partial charge on any atom is -0.475 e. The first kappa shape index (κ1) is 14.7. The van der Waals surface area contributed by atoms with Gasteiger partial charge in [-0.3, -0.25) is 4.79 Å². The molecule has 0 saturated carbocycles. The number of carbonyl (C=O) groups is 2. The molecule has 16 heavy (non-hydrogen) atoms. The van der Waals surface area contributed by atoms with Gasteiger partial charge in [0.2, 0.25) is 6.41 Å². The van der Waals surface area contributed by atoms with Crippen LogP contribution in [0.4, 0.5) is 13.2 Å². The Kier molecular flexibility index (Phi) is 6.47. The number of hydrogen-bond donors (Lipinski definition) is 2. The Morgan fingerprint density at radius 1 is 1.31 bits per heavy atom. The zero-order valence-electron chi connectivity index (χ0n) is 8.46. The van der Waals surface area contributed by atoms with E-state index in [4.69, 9.17) is 9.90 Å². The van der Waals surface area contributed by atoms with Crippen molar-refractivity contribution in [2.75, 3.05) is 26.2 Å². The highest BCUT2D eigenvalue weighted by atomic mass is 19.4. The second-order valence-electron chi connectivity index (χ2n) is 3.05. The summed E-state index contributed by atoms with van der Waals surface area (Å²) in [6.07, 6.45) is -3.08. The number of nitrogens with one attached hydrogen (secondary N) is 1. The van der Waals surface area contributed by atoms with Crippen LogP contribution in [0.1, 0.15) is 6.42 Å². The third-order valence-electron chi connectivity index (χ3n) is 1.77. The normalized spacial score (nSPS) is 16.8. The van der Waals surface area contributed by atoms with Crippen molar-refractivity contribution in [3.8, 4) is 0 Å². The van der Waals surface area contributed by atoms with E-state index in [0.29, 0.717) is 0 Å². The summed E-state index contributed by atoms with van der Waals surface area (Å²) in [5, 5.41) is 10.3. The molecule has 0 aromatic rings. The molecular weight excluding hydrogens is 229 g/mol. The van der Waals surface area contributed by atoms with Crippen LogP contribution < -0.4 is 5.32 Å². The molecule has 0 aromatic heterocycles. The summed E-state index contributed by atoms with van der Waals surface area (Å²) in [5.74, 6) is -2.76. The van der Waals surface area contributed by atoms with Crippen LogP contribution >= 0.6 is 0 Å². The largest absolute Gasteiger partial charge is 0.490 e. The lowest BCUT2D eigenvalue weighted by Gasteiger charge is -2.11. The molecule has 2 N–H and O–H groups in total. The number of halogens is 3. The Bertz CT molecular complexity index is 225. The van der Waals surface area contributed by atoms with Gasteiger partial charge in [-0.15, -0.1) is 0 Å². The average molecular weight is 242 g/mol. The van der Waals surface area contributed by atoms with Crippen LogP contribution in [-0.4, -0.2) is 54.7 Å². The summed E-state index contributed by atoms with van der Waals surface area (Å²) < 4.78 is 31.7. The van der Waals surface area contributed by atoms with Crippen molar-refractivity contribution in [3.63, 3.8) is 0 Å². The van der Waals surface area contributed by atoms with Crippen molar-refractivity contribution in [2.45, 2.75) is 12.6 Å². The molecule has 0 bridgehead atoms. The van der Waals surface area contributed by atoms with E-state index in [-0.39, 0.29) is 0 Å². The van der Waals surface area contributed by atoms with Gasteiger partial charge in [-0.1, -0.05) is 0 Å². The molecule has 8 heteroatoms. The van der Waals surface area contributed by atoms with E-state index in [0.717, 1.165) is 39.0 Å². The predicted molar refractivity (Wildman–Crippen MR) is 48.8 cm³/mol. The number of alkyl halides is 3. The first-order chi connectivity index (χ1) is 7.38. The van der Waals surface area contributed by atoms with Gasteiger partial charge in [-0.25, -0.2) is 4.79 Å². The average Bonchev–Trinajstić information content (AvgIpc) is 2.44. The molecule has 0 spiro atoms. The van der Waals surface area contributed by atoms with Crippen molar-refractivity contribution in [3.05, 3.63) is 0 Å². The number of carboxylic acids is 1. The van der Waals surface area contributed by atoms with Gasteiger partial charge in [-0.05, 0) is 13.0 Å². The second kappa shape index (κ2) is 7.04. The lowest BCUT2D eigenvalue weighted by Crippen LogP contribution is -2.26. The molecule has 1 aliphatic rings. The number of nitrogens with zero attached hydrogens (tertiary/aromatic N) is 1. The monoisotopic (exact) mass is 242 g/mol. The summed E-state index contributed by atoms with van der Waals surface area (Å²) in [6, 6.07) is 0. The summed E-state index contributed by atoms with van der Waals surface area (Å²) in [5.41, 5.74) is 0. The standard InChI is InChI=1S/C6H12N2O.C2HF3O2/c9-6-8-4-1-2-7-3-5-8;3-2(4,5)1(6)7/h6-7H,1-5H2;(H,6,7). The first-order valence-corrected chi connectivity index (χ1v) is 4.58. The van der Waals surface area contributed by atoms with Crippen molar-refractivity contribution in [1.29, 1.82) is 0 Å². The van der Waals surface area contributed by atoms with E-state index in [1.54, 1.807) is 4.90 Å². The summed E-state index contributed by atoms with van der Waals surface area (Å²) >= 11 is 0. The van der Waals surface area contributed by atoms with E-state index in [9.17, 15) is 18.0 Å². The lowest BCUT2D eigenvalue weighted by atomic mass is 10.4. The lowest BCUT2D eigenvalue weighted by molar-refractivity contribution is -0.192. The maximum absolute atomic E-state index is 10.6. The van der Waals surface area contributed by atoms with Gasteiger partial charge in [0, 0.05) is 19.6 Å². The molecule has 1 saturated heterocycles. The Balaban J connectivity index is 0.000000293. The van der Waals surface area contributed by atoms with Gasteiger partial charge in [-0.2, -0.15) is 13.2 Å². The predicted octanol–water partition coefficient (Wildman–Crippen LogP) is 0.0714. The third kappa shape index (κ3) is 7.04. The smallest absolute Gasteiger partial charge is 0.475 e. The van der Waals surface area contributed by atoms with Gasteiger partial charge < -0.3 is 15.3 Å². The fraction of sp³-hybridized carbons (Fsp3) is 0.750. The molecule has 94 valence electrons. The minimum absolute atomic E-state index is 0.865. The Labute approximate surface area is 90.2 Å². The number of rotatable bonds is 1. The van der Waals surface area contributed by atoms with Gasteiger partial charge in [0.15, 0.2) is 0 Å². The van der Waals surface area contributed by atoms with Crippen LogP contribution in [0.5, 0.6) is 0 Å². The maximum Gasteiger partial charge on any atom is 0.490 e. The van der Waals surface area contributed by atoms with E-state index in [2.05, 4.69) is 5.32 Å². The highest BCUT2D eigenvalue weighted by Gasteiger charge is 2.38. The molecule has 0 radical (unpaired) electrons. The molecule has 0 atom stereocenters. The zero-order chi connectivity index (χ0) is 12.6. The fourth-order valence-corrected chi connectivity index (χ4v) is 0.972. The number of carboxylic acid groups (broad SMARTS) is 1. The van der Waals surface area contributed by atoms with E-state index in [1.165, 1.54) is 0 Å². The fourth-order valence-electron chi connectivity index (χ4n) is 0.972. The van der Waals surface area contributed by atoms with Crippen molar-refractivity contribution < 1.29 is 27.9 Å². The van der Waals surface area contributed by atoms with Crippen LogP contribution in [-0.2, 0) is 9.59 Å². The van der Waals surface area contributed by atoms with E-state index >= 15 is 0 Å². The van der Waals surface area contributed by atoms with Crippen molar-refractivity contribution in [2.24, 2.45) is 0 Å². The molecule has 5 nitrogen and oxygen atoms in total. The minimum atomic E-state index is -5.08. The number of hydrogen-bond acceptors (Lipinski definition) is 3. The molecule has 0 unspecified atom stereocenters. The highest BCUT2D eigenvalue weighted by Crippen LogP contribution is 2.13. The van der Waals surface area contributed by atoms with Gasteiger partial charge >= 0.3 is 12.1 Å². The maximum atomic E-state index is 10.6. The van der Waals surface area contributed by atoms with Crippen LogP contribution in [0, 0.1) is 0 Å². The zero-order valence-corrected chi connectivity index (χ0v) is 8.46. The Morgan fingerprint density at radius 2 is 1.88 bits per heavy atom. The number of aliphatic carboxylic acids is 1. The van der Waals surface area contributed by atoms with E-state index in [1.807, 2.05) is 0 Å². The summed E-state index contributed by atoms with van der Waals surface area (Å²) in [6.45, 7) is 3.77. The molecule has 1 amide bonds. The SMILES string of the molecule is O=C(O)C(F)(F)F.O=CN1CCCNCC1. The van der Waals surface area contributed by atoms with E-state index < -0.39 is 12.1 Å². The summed E-state index contributed by atoms with van der Waals surface area (Å²) in [7, 11) is 0. The molecule has 1 heterocycles. The van der Waals surface area contributed by atoms with Crippen LogP contribution in [0.25, 0.3) is 0 Å². The topological polar surface area (TPSA) is 69.6 Å². The van der Waals surface area contributed by atoms with Crippen molar-refractivity contribution in [1.82, 2.24) is 10.2 Å². The summed E-state index contributed by atoms with van der Waals surface area (Å²) in [4.78, 5) is 20.9. The Morgan fingerprint density at radius 3 is 2.31 bits per heavy atom. The third-order valence-corrected chi connectivity index (χ3v) is 1.77. The van der Waals surface area contributed by atoms with Crippen LogP contribution in [0.3, 0.4) is 0 Å². The molecule has 0 aliphatic carbocycles. The van der Waals surface area contributed by atoms with Gasteiger partial charge in [0.05, 0.1) is 0 Å². The molecule has 1 fully saturated rings. The van der Waals surface area contributed by atoms with Crippen LogP contribution in [0.15, 0.2) is 0 Å². The van der Waals surface area contributed by atoms with Gasteiger partial charge in [0.1, 0.15) is 0 Å². The number of carbonyl (C=O) groups excluding carboxylic acids is 1. The number of amides is 1. The van der Waals surface area contributed by atoms with Crippen molar-refractivity contribution >= 4 is 12.4 Å². The van der Waals surface area contributed by atoms with Crippen LogP contribution in [0.2, 0.25) is 0 Å². The van der Waals surface area contributed by atoms with Gasteiger partial charge in [0.25, 0.3) is 0 Å². The first-order valence-electron chi connectivity index (χ1n) is 4.58. The molecular formula is C8H13F3N2O3.